The Bertz CT molecular complexity index is 643. The Morgan fingerprint density at radius 3 is 3.05 bits per heavy atom. The zero-order chi connectivity index (χ0) is 13.2. The summed E-state index contributed by atoms with van der Waals surface area (Å²) >= 11 is 5.90. The van der Waals surface area contributed by atoms with E-state index in [0.29, 0.717) is 17.9 Å². The number of nitrogens with one attached hydrogen (secondary N) is 1. The van der Waals surface area contributed by atoms with Gasteiger partial charge in [-0.05, 0) is 23.8 Å². The van der Waals surface area contributed by atoms with Crippen LogP contribution in [0.5, 0.6) is 5.75 Å². The minimum Gasteiger partial charge on any atom is -0.491 e. The second-order valence-electron chi connectivity index (χ2n) is 4.19. The average Bonchev–Trinajstić information content (AvgIpc) is 2.88. The lowest BCUT2D eigenvalue weighted by atomic mass is 10.1. The number of amides is 1. The van der Waals surface area contributed by atoms with Crippen molar-refractivity contribution in [2.75, 3.05) is 11.9 Å². The lowest BCUT2D eigenvalue weighted by Gasteiger charge is -2.10. The van der Waals surface area contributed by atoms with Gasteiger partial charge in [-0.1, -0.05) is 23.7 Å². The van der Waals surface area contributed by atoms with Gasteiger partial charge in [0.15, 0.2) is 0 Å². The van der Waals surface area contributed by atoms with Gasteiger partial charge in [0.2, 0.25) is 0 Å². The summed E-state index contributed by atoms with van der Waals surface area (Å²) in [5.41, 5.74) is 2.12. The molecule has 19 heavy (non-hydrogen) atoms. The molecular formula is C14H11ClN2O2. The van der Waals surface area contributed by atoms with Crippen LogP contribution >= 0.6 is 11.6 Å². The molecule has 0 radical (unpaired) electrons. The van der Waals surface area contributed by atoms with Gasteiger partial charge in [0.1, 0.15) is 10.9 Å². The van der Waals surface area contributed by atoms with Crippen LogP contribution < -0.4 is 10.1 Å². The maximum Gasteiger partial charge on any atom is 0.258 e. The van der Waals surface area contributed by atoms with Crippen LogP contribution in [-0.2, 0) is 6.42 Å². The number of nitrogens with zero attached hydrogens (tertiary/aromatic N) is 1. The van der Waals surface area contributed by atoms with Gasteiger partial charge in [-0.2, -0.15) is 0 Å². The van der Waals surface area contributed by atoms with Gasteiger partial charge in [0.05, 0.1) is 17.9 Å². The zero-order valence-corrected chi connectivity index (χ0v) is 10.8. The highest BCUT2D eigenvalue weighted by Gasteiger charge is 2.18. The lowest BCUT2D eigenvalue weighted by molar-refractivity contribution is 0.102. The first-order valence-corrected chi connectivity index (χ1v) is 6.30. The number of rotatable bonds is 2. The maximum atomic E-state index is 12.1. The number of ether oxygens (including phenoxy) is 1. The SMILES string of the molecule is O=C(Nc1cccc2c1OCC2)c1cccnc1Cl. The second-order valence-corrected chi connectivity index (χ2v) is 4.55. The largest absolute Gasteiger partial charge is 0.491 e. The Kier molecular flexibility index (Phi) is 3.09. The van der Waals surface area contributed by atoms with Crippen LogP contribution in [0.1, 0.15) is 15.9 Å². The van der Waals surface area contributed by atoms with Crippen molar-refractivity contribution in [2.45, 2.75) is 6.42 Å². The fraction of sp³-hybridized carbons (Fsp3) is 0.143. The van der Waals surface area contributed by atoms with Crippen molar-refractivity contribution in [2.24, 2.45) is 0 Å². The van der Waals surface area contributed by atoms with Crippen LogP contribution in [0.4, 0.5) is 5.69 Å². The molecule has 1 N–H and O–H groups in total. The van der Waals surface area contributed by atoms with Gasteiger partial charge in [-0.3, -0.25) is 4.79 Å². The Labute approximate surface area is 115 Å². The van der Waals surface area contributed by atoms with Gasteiger partial charge in [0, 0.05) is 12.6 Å². The van der Waals surface area contributed by atoms with E-state index >= 15 is 0 Å². The molecule has 1 aliphatic rings. The van der Waals surface area contributed by atoms with Crippen LogP contribution in [-0.4, -0.2) is 17.5 Å². The Balaban J connectivity index is 1.89. The Hall–Kier alpha value is -2.07. The number of hydrogen-bond donors (Lipinski definition) is 1. The minimum atomic E-state index is -0.290. The lowest BCUT2D eigenvalue weighted by Crippen LogP contribution is -2.13. The van der Waals surface area contributed by atoms with Gasteiger partial charge < -0.3 is 10.1 Å². The fourth-order valence-electron chi connectivity index (χ4n) is 2.06. The number of para-hydroxylation sites is 1. The van der Waals surface area contributed by atoms with Gasteiger partial charge >= 0.3 is 0 Å². The number of hydrogen-bond acceptors (Lipinski definition) is 3. The minimum absolute atomic E-state index is 0.188. The quantitative estimate of drug-likeness (QED) is 0.857. The van der Waals surface area contributed by atoms with Crippen molar-refractivity contribution in [3.05, 3.63) is 52.8 Å². The standard InChI is InChI=1S/C14H11ClN2O2/c15-13-10(4-2-7-16-13)14(18)17-11-5-1-3-9-6-8-19-12(9)11/h1-5,7H,6,8H2,(H,17,18). The molecule has 96 valence electrons. The van der Waals surface area contributed by atoms with Gasteiger partial charge in [0.25, 0.3) is 5.91 Å². The highest BCUT2D eigenvalue weighted by molar-refractivity contribution is 6.33. The smallest absolute Gasteiger partial charge is 0.258 e. The highest BCUT2D eigenvalue weighted by Crippen LogP contribution is 2.33. The number of pyridine rings is 1. The summed E-state index contributed by atoms with van der Waals surface area (Å²) in [6, 6.07) is 9.01. The number of benzene rings is 1. The summed E-state index contributed by atoms with van der Waals surface area (Å²) in [4.78, 5) is 16.0. The van der Waals surface area contributed by atoms with Crippen molar-refractivity contribution in [3.63, 3.8) is 0 Å². The Morgan fingerprint density at radius 1 is 1.32 bits per heavy atom. The van der Waals surface area contributed by atoms with E-state index in [4.69, 9.17) is 16.3 Å². The first-order valence-electron chi connectivity index (χ1n) is 5.92. The molecule has 4 nitrogen and oxygen atoms in total. The number of carbonyl (C=O) groups is 1. The third kappa shape index (κ3) is 2.27. The van der Waals surface area contributed by atoms with Crippen molar-refractivity contribution < 1.29 is 9.53 Å². The number of aromatic nitrogens is 1. The zero-order valence-electron chi connectivity index (χ0n) is 10.0. The molecule has 5 heteroatoms. The predicted octanol–water partition coefficient (Wildman–Crippen LogP) is 2.92. The van der Waals surface area contributed by atoms with E-state index in [0.717, 1.165) is 17.7 Å². The monoisotopic (exact) mass is 274 g/mol. The molecule has 0 bridgehead atoms. The first-order chi connectivity index (χ1) is 9.25. The molecule has 0 fully saturated rings. The molecule has 0 saturated carbocycles. The van der Waals surface area contributed by atoms with E-state index in [9.17, 15) is 4.79 Å². The first kappa shape index (κ1) is 12.0. The van der Waals surface area contributed by atoms with E-state index in [1.54, 1.807) is 18.3 Å². The normalized spacial score (nSPS) is 12.7. The fourth-order valence-corrected chi connectivity index (χ4v) is 2.26. The summed E-state index contributed by atoms with van der Waals surface area (Å²) in [6.07, 6.45) is 2.41. The maximum absolute atomic E-state index is 12.1. The topological polar surface area (TPSA) is 51.2 Å². The molecule has 0 saturated heterocycles. The summed E-state index contributed by atoms with van der Waals surface area (Å²) in [6.45, 7) is 0.649. The summed E-state index contributed by atoms with van der Waals surface area (Å²) in [7, 11) is 0. The molecule has 1 aromatic carbocycles. The van der Waals surface area contributed by atoms with Crippen molar-refractivity contribution in [3.8, 4) is 5.75 Å². The third-order valence-corrected chi connectivity index (χ3v) is 3.27. The highest BCUT2D eigenvalue weighted by atomic mass is 35.5. The summed E-state index contributed by atoms with van der Waals surface area (Å²) < 4.78 is 5.53. The van der Waals surface area contributed by atoms with E-state index in [1.807, 2.05) is 18.2 Å². The number of fused-ring (bicyclic) bond motifs is 1. The van der Waals surface area contributed by atoms with Crippen LogP contribution in [0.3, 0.4) is 0 Å². The third-order valence-electron chi connectivity index (χ3n) is 2.97. The van der Waals surface area contributed by atoms with E-state index in [-0.39, 0.29) is 11.1 Å². The average molecular weight is 275 g/mol. The Morgan fingerprint density at radius 2 is 2.21 bits per heavy atom. The molecule has 2 heterocycles. The second kappa shape index (κ2) is 4.90. The summed E-state index contributed by atoms with van der Waals surface area (Å²) in [5, 5.41) is 3.00. The molecule has 0 aliphatic carbocycles. The van der Waals surface area contributed by atoms with E-state index < -0.39 is 0 Å². The number of halogens is 1. The molecule has 2 aromatic rings. The van der Waals surface area contributed by atoms with Crippen LogP contribution in [0.2, 0.25) is 5.15 Å². The van der Waals surface area contributed by atoms with Gasteiger partial charge in [-0.25, -0.2) is 4.98 Å². The van der Waals surface area contributed by atoms with Crippen LogP contribution in [0.15, 0.2) is 36.5 Å². The van der Waals surface area contributed by atoms with Crippen molar-refractivity contribution >= 4 is 23.2 Å². The number of anilines is 1. The molecular weight excluding hydrogens is 264 g/mol. The van der Waals surface area contributed by atoms with Crippen LogP contribution in [0, 0.1) is 0 Å². The molecule has 1 aromatic heterocycles. The predicted molar refractivity (Wildman–Crippen MR) is 72.8 cm³/mol. The molecule has 0 unspecified atom stereocenters. The number of carbonyl (C=O) groups excluding carboxylic acids is 1. The van der Waals surface area contributed by atoms with Gasteiger partial charge in [-0.15, -0.1) is 0 Å². The van der Waals surface area contributed by atoms with E-state index in [1.165, 1.54) is 0 Å². The summed E-state index contributed by atoms with van der Waals surface area (Å²) in [5.74, 6) is 0.456. The van der Waals surface area contributed by atoms with Crippen molar-refractivity contribution in [1.29, 1.82) is 0 Å². The van der Waals surface area contributed by atoms with E-state index in [2.05, 4.69) is 10.3 Å². The molecule has 1 amide bonds. The van der Waals surface area contributed by atoms with Crippen LogP contribution in [0.25, 0.3) is 0 Å². The molecule has 0 spiro atoms. The molecule has 3 rings (SSSR count). The van der Waals surface area contributed by atoms with Crippen molar-refractivity contribution in [1.82, 2.24) is 4.98 Å². The molecule has 1 aliphatic heterocycles. The molecule has 0 atom stereocenters.